The number of benzene rings is 3. The zero-order valence-corrected chi connectivity index (χ0v) is 26.3. The maximum atomic E-state index is 14.1. The Morgan fingerprint density at radius 3 is 2.19 bits per heavy atom. The largest absolute Gasteiger partial charge is 0.416 e. The molecule has 3 rings (SSSR count). The summed E-state index contributed by atoms with van der Waals surface area (Å²) >= 11 is 12.4. The summed E-state index contributed by atoms with van der Waals surface area (Å²) in [6, 6.07) is 12.7. The molecule has 1 N–H and O–H groups in total. The monoisotopic (exact) mass is 657 g/mol. The van der Waals surface area contributed by atoms with Gasteiger partial charge in [-0.1, -0.05) is 60.0 Å². The molecule has 2 amide bonds. The van der Waals surface area contributed by atoms with Crippen LogP contribution in [-0.4, -0.2) is 43.8 Å². The fourth-order valence-electron chi connectivity index (χ4n) is 4.34. The molecule has 232 valence electrons. The molecule has 0 aliphatic rings. The summed E-state index contributed by atoms with van der Waals surface area (Å²) in [5, 5.41) is 3.32. The summed E-state index contributed by atoms with van der Waals surface area (Å²) in [7, 11) is -4.55. The number of anilines is 1. The van der Waals surface area contributed by atoms with Crippen molar-refractivity contribution < 1.29 is 31.2 Å². The topological polar surface area (TPSA) is 86.8 Å². The van der Waals surface area contributed by atoms with Crippen molar-refractivity contribution in [3.05, 3.63) is 93.5 Å². The molecule has 3 aromatic carbocycles. The number of aryl methyl sites for hydroxylation is 1. The quantitative estimate of drug-likeness (QED) is 0.244. The Kier molecular flexibility index (Phi) is 11.1. The second kappa shape index (κ2) is 14.0. The fourth-order valence-corrected chi connectivity index (χ4v) is 6.21. The van der Waals surface area contributed by atoms with E-state index in [1.54, 1.807) is 39.8 Å². The molecule has 13 heteroatoms. The highest BCUT2D eigenvalue weighted by Crippen LogP contribution is 2.34. The van der Waals surface area contributed by atoms with E-state index in [1.807, 2.05) is 0 Å². The minimum absolute atomic E-state index is 0.157. The first-order valence-corrected chi connectivity index (χ1v) is 15.5. The summed E-state index contributed by atoms with van der Waals surface area (Å²) in [5.41, 5.74) is -0.266. The average molecular weight is 659 g/mol. The van der Waals surface area contributed by atoms with E-state index in [0.29, 0.717) is 21.0 Å². The second-order valence-electron chi connectivity index (χ2n) is 10.2. The van der Waals surface area contributed by atoms with E-state index in [-0.39, 0.29) is 34.6 Å². The van der Waals surface area contributed by atoms with Gasteiger partial charge in [0, 0.05) is 22.6 Å². The summed E-state index contributed by atoms with van der Waals surface area (Å²) < 4.78 is 69.3. The highest BCUT2D eigenvalue weighted by Gasteiger charge is 2.36. The van der Waals surface area contributed by atoms with E-state index in [1.165, 1.54) is 41.3 Å². The molecular formula is C30H32Cl2F3N3O4S. The molecule has 7 nitrogen and oxygen atoms in total. The number of nitrogens with one attached hydrogen (secondary N) is 1. The third-order valence-corrected chi connectivity index (χ3v) is 8.90. The molecule has 0 aromatic heterocycles. The number of nitrogens with zero attached hydrogens (tertiary/aromatic N) is 2. The molecule has 3 aromatic rings. The normalized spacial score (nSPS) is 12.6. The summed E-state index contributed by atoms with van der Waals surface area (Å²) in [5.74, 6) is -1.31. The van der Waals surface area contributed by atoms with Crippen molar-refractivity contribution >= 4 is 50.7 Å². The summed E-state index contributed by atoms with van der Waals surface area (Å²) in [4.78, 5) is 28.2. The van der Waals surface area contributed by atoms with Crippen LogP contribution in [0.15, 0.2) is 71.6 Å². The SMILES string of the molecule is CC[C@H](C(=O)NC(C)C)N(Cc1ccc(Cl)cc1Cl)C(=O)CN(c1cccc(C(F)(F)F)c1)S(=O)(=O)c1ccc(C)cc1. The van der Waals surface area contributed by atoms with Crippen LogP contribution in [0.5, 0.6) is 0 Å². The van der Waals surface area contributed by atoms with E-state index in [2.05, 4.69) is 5.32 Å². The predicted molar refractivity (Wildman–Crippen MR) is 162 cm³/mol. The molecule has 0 heterocycles. The standard InChI is InChI=1S/C30H32Cl2F3N3O4S/c1-5-27(29(40)36-19(2)3)37(17-21-11-12-23(31)16-26(21)32)28(39)18-38(24-8-6-7-22(15-24)30(33,34)35)43(41,42)25-13-9-20(4)10-14-25/h6-16,19,27H,5,17-18H2,1-4H3,(H,36,40)/t27-/m1/s1. The van der Waals surface area contributed by atoms with Crippen LogP contribution in [0.4, 0.5) is 18.9 Å². The van der Waals surface area contributed by atoms with Gasteiger partial charge in [-0.25, -0.2) is 8.42 Å². The van der Waals surface area contributed by atoms with Gasteiger partial charge in [-0.05, 0) is 75.2 Å². The summed E-state index contributed by atoms with van der Waals surface area (Å²) in [6.07, 6.45) is -4.61. The van der Waals surface area contributed by atoms with Crippen molar-refractivity contribution in [1.82, 2.24) is 10.2 Å². The molecule has 43 heavy (non-hydrogen) atoms. The Labute approximate surface area is 259 Å². The van der Waals surface area contributed by atoms with Gasteiger partial charge in [-0.3, -0.25) is 13.9 Å². The number of hydrogen-bond acceptors (Lipinski definition) is 4. The van der Waals surface area contributed by atoms with Crippen molar-refractivity contribution in [3.63, 3.8) is 0 Å². The van der Waals surface area contributed by atoms with Crippen LogP contribution in [-0.2, 0) is 32.3 Å². The molecule has 0 bridgehead atoms. The van der Waals surface area contributed by atoms with Crippen molar-refractivity contribution in [3.8, 4) is 0 Å². The highest BCUT2D eigenvalue weighted by atomic mass is 35.5. The van der Waals surface area contributed by atoms with Crippen molar-refractivity contribution in [1.29, 1.82) is 0 Å². The molecule has 0 unspecified atom stereocenters. The van der Waals surface area contributed by atoms with Gasteiger partial charge < -0.3 is 10.2 Å². The van der Waals surface area contributed by atoms with Gasteiger partial charge in [0.1, 0.15) is 12.6 Å². The average Bonchev–Trinajstić information content (AvgIpc) is 2.92. The van der Waals surface area contributed by atoms with Crippen molar-refractivity contribution in [2.45, 2.75) is 63.8 Å². The lowest BCUT2D eigenvalue weighted by Crippen LogP contribution is -2.53. The maximum absolute atomic E-state index is 14.1. The van der Waals surface area contributed by atoms with E-state index in [0.717, 1.165) is 17.7 Å². The number of carbonyl (C=O) groups excluding carboxylic acids is 2. The third kappa shape index (κ3) is 8.64. The maximum Gasteiger partial charge on any atom is 0.416 e. The fraction of sp³-hybridized carbons (Fsp3) is 0.333. The highest BCUT2D eigenvalue weighted by molar-refractivity contribution is 7.92. The number of sulfonamides is 1. The zero-order chi connectivity index (χ0) is 32.1. The Balaban J connectivity index is 2.15. The van der Waals surface area contributed by atoms with Gasteiger partial charge in [-0.15, -0.1) is 0 Å². The van der Waals surface area contributed by atoms with Gasteiger partial charge in [0.25, 0.3) is 10.0 Å². The van der Waals surface area contributed by atoms with Gasteiger partial charge in [-0.2, -0.15) is 13.2 Å². The number of amides is 2. The van der Waals surface area contributed by atoms with Crippen LogP contribution < -0.4 is 9.62 Å². The Morgan fingerprint density at radius 2 is 1.63 bits per heavy atom. The molecule has 0 fully saturated rings. The Bertz CT molecular complexity index is 1570. The molecule has 0 spiro atoms. The lowest BCUT2D eigenvalue weighted by molar-refractivity contribution is -0.140. The van der Waals surface area contributed by atoms with Gasteiger partial charge >= 0.3 is 6.18 Å². The number of rotatable bonds is 11. The van der Waals surface area contributed by atoms with Crippen LogP contribution in [0.25, 0.3) is 0 Å². The van der Waals surface area contributed by atoms with Crippen molar-refractivity contribution in [2.75, 3.05) is 10.8 Å². The minimum atomic E-state index is -4.76. The lowest BCUT2D eigenvalue weighted by Gasteiger charge is -2.34. The smallest absolute Gasteiger partial charge is 0.352 e. The number of alkyl halides is 3. The first-order chi connectivity index (χ1) is 20.0. The predicted octanol–water partition coefficient (Wildman–Crippen LogP) is 6.85. The Hall–Kier alpha value is -3.28. The molecule has 1 atom stereocenters. The van der Waals surface area contributed by atoms with Gasteiger partial charge in [0.05, 0.1) is 16.1 Å². The molecule has 0 aliphatic carbocycles. The second-order valence-corrected chi connectivity index (χ2v) is 12.9. The van der Waals surface area contributed by atoms with Crippen LogP contribution in [0.3, 0.4) is 0 Å². The van der Waals surface area contributed by atoms with E-state index in [4.69, 9.17) is 23.2 Å². The van der Waals surface area contributed by atoms with Crippen LogP contribution >= 0.6 is 23.2 Å². The van der Waals surface area contributed by atoms with Crippen LogP contribution in [0, 0.1) is 6.92 Å². The number of halogens is 5. The van der Waals surface area contributed by atoms with E-state index < -0.39 is 46.2 Å². The van der Waals surface area contributed by atoms with Gasteiger partial charge in [0.2, 0.25) is 11.8 Å². The van der Waals surface area contributed by atoms with Gasteiger partial charge in [0.15, 0.2) is 0 Å². The van der Waals surface area contributed by atoms with Crippen molar-refractivity contribution in [2.24, 2.45) is 0 Å². The Morgan fingerprint density at radius 1 is 0.977 bits per heavy atom. The first-order valence-electron chi connectivity index (χ1n) is 13.3. The van der Waals surface area contributed by atoms with Crippen LogP contribution in [0.2, 0.25) is 10.0 Å². The van der Waals surface area contributed by atoms with E-state index >= 15 is 0 Å². The number of carbonyl (C=O) groups is 2. The minimum Gasteiger partial charge on any atom is -0.352 e. The summed E-state index contributed by atoms with van der Waals surface area (Å²) in [6.45, 7) is 5.83. The van der Waals surface area contributed by atoms with E-state index in [9.17, 15) is 31.2 Å². The molecule has 0 saturated carbocycles. The molecule has 0 saturated heterocycles. The number of hydrogen-bond donors (Lipinski definition) is 1. The molecule has 0 aliphatic heterocycles. The molecular weight excluding hydrogens is 626 g/mol. The van der Waals surface area contributed by atoms with Crippen LogP contribution in [0.1, 0.15) is 43.9 Å². The third-order valence-electron chi connectivity index (χ3n) is 6.52. The molecule has 0 radical (unpaired) electrons. The zero-order valence-electron chi connectivity index (χ0n) is 24.0. The lowest BCUT2D eigenvalue weighted by atomic mass is 10.1. The first kappa shape index (κ1) is 34.2.